The molecule has 18 heavy (non-hydrogen) atoms. The molecule has 0 radical (unpaired) electrons. The van der Waals surface area contributed by atoms with Crippen molar-refractivity contribution in [1.29, 1.82) is 0 Å². The van der Waals surface area contributed by atoms with Crippen molar-refractivity contribution in [2.45, 2.75) is 25.9 Å². The van der Waals surface area contributed by atoms with Crippen LogP contribution in [0.1, 0.15) is 19.8 Å². The van der Waals surface area contributed by atoms with Crippen molar-refractivity contribution in [2.75, 3.05) is 0 Å². The Morgan fingerprint density at radius 1 is 1.33 bits per heavy atom. The summed E-state index contributed by atoms with van der Waals surface area (Å²) in [6, 6.07) is 0. The number of fused-ring (bicyclic) bond motifs is 2. The number of carbonyl (C=O) groups is 2. The first-order valence-corrected chi connectivity index (χ1v) is 6.24. The molecule has 1 saturated carbocycles. The lowest BCUT2D eigenvalue weighted by Gasteiger charge is -2.46. The molecule has 0 N–H and O–H groups in total. The molecule has 0 amide bonds. The van der Waals surface area contributed by atoms with Gasteiger partial charge in [0.25, 0.3) is 0 Å². The third kappa shape index (κ3) is 1.36. The number of carbonyl (C=O) groups excluding carboxylic acids is 2. The van der Waals surface area contributed by atoms with Crippen LogP contribution >= 0.6 is 0 Å². The molecule has 4 atom stereocenters. The van der Waals surface area contributed by atoms with Crippen LogP contribution in [-0.2, 0) is 14.3 Å². The van der Waals surface area contributed by atoms with Crippen LogP contribution < -0.4 is 0 Å². The van der Waals surface area contributed by atoms with Crippen LogP contribution in [0.2, 0.25) is 0 Å². The molecule has 0 aromatic rings. The zero-order valence-corrected chi connectivity index (χ0v) is 10.4. The third-order valence-electron chi connectivity index (χ3n) is 4.70. The quantitative estimate of drug-likeness (QED) is 0.484. The molecular formula is C15H16O3. The van der Waals surface area contributed by atoms with Gasteiger partial charge >= 0.3 is 5.97 Å². The predicted molar refractivity (Wildman–Crippen MR) is 66.6 cm³/mol. The molecule has 2 fully saturated rings. The fraction of sp³-hybridized carbons (Fsp3) is 0.467. The summed E-state index contributed by atoms with van der Waals surface area (Å²) in [5.41, 5.74) is 1.08. The van der Waals surface area contributed by atoms with E-state index in [4.69, 9.17) is 4.74 Å². The Morgan fingerprint density at radius 3 is 2.78 bits per heavy atom. The summed E-state index contributed by atoms with van der Waals surface area (Å²) >= 11 is 0. The summed E-state index contributed by atoms with van der Waals surface area (Å²) in [5, 5.41) is 0. The molecule has 3 rings (SSSR count). The highest BCUT2D eigenvalue weighted by molar-refractivity contribution is 6.05. The minimum atomic E-state index is -0.284. The number of allylic oxidation sites excluding steroid dienone is 3. The minimum absolute atomic E-state index is 0.00628. The van der Waals surface area contributed by atoms with E-state index in [9.17, 15) is 9.59 Å². The van der Waals surface area contributed by atoms with Gasteiger partial charge in [-0.1, -0.05) is 26.2 Å². The normalized spacial score (nSPS) is 42.6. The molecule has 0 bridgehead atoms. The van der Waals surface area contributed by atoms with Gasteiger partial charge in [-0.25, -0.2) is 4.79 Å². The van der Waals surface area contributed by atoms with Crippen molar-refractivity contribution in [3.05, 3.63) is 36.5 Å². The number of rotatable bonds is 0. The molecule has 1 saturated heterocycles. The number of hydrogen-bond donors (Lipinski definition) is 0. The van der Waals surface area contributed by atoms with E-state index < -0.39 is 0 Å². The van der Waals surface area contributed by atoms with Gasteiger partial charge in [0.1, 0.15) is 6.10 Å². The van der Waals surface area contributed by atoms with Crippen LogP contribution in [0, 0.1) is 17.3 Å². The maximum atomic E-state index is 11.7. The average Bonchev–Trinajstić information content (AvgIpc) is 2.58. The fourth-order valence-corrected chi connectivity index (χ4v) is 3.52. The number of hydrogen-bond acceptors (Lipinski definition) is 3. The Bertz CT molecular complexity index is 514. The number of ketones is 1. The molecule has 0 aromatic carbocycles. The van der Waals surface area contributed by atoms with Gasteiger partial charge < -0.3 is 4.74 Å². The first-order chi connectivity index (χ1) is 8.42. The van der Waals surface area contributed by atoms with Crippen molar-refractivity contribution in [3.8, 4) is 0 Å². The molecule has 94 valence electrons. The summed E-state index contributed by atoms with van der Waals surface area (Å²) in [4.78, 5) is 23.3. The Hall–Kier alpha value is -1.64. The smallest absolute Gasteiger partial charge is 0.334 e. The molecule has 0 spiro atoms. The van der Waals surface area contributed by atoms with E-state index in [1.54, 1.807) is 6.08 Å². The first-order valence-electron chi connectivity index (χ1n) is 6.24. The maximum absolute atomic E-state index is 11.7. The van der Waals surface area contributed by atoms with E-state index in [1.165, 1.54) is 0 Å². The Balaban J connectivity index is 1.99. The molecule has 0 unspecified atom stereocenters. The van der Waals surface area contributed by atoms with Crippen molar-refractivity contribution in [1.82, 2.24) is 0 Å². The van der Waals surface area contributed by atoms with Crippen molar-refractivity contribution in [3.63, 3.8) is 0 Å². The molecular weight excluding hydrogens is 228 g/mol. The SMILES string of the molecule is C=C1C(=O)C=C[C@]2(C)C[C@@H]3OC(=O)C(=C)[C@@H]3C[C@H]12. The van der Waals surface area contributed by atoms with Crippen LogP contribution in [0.3, 0.4) is 0 Å². The van der Waals surface area contributed by atoms with Gasteiger partial charge in [-0.3, -0.25) is 4.79 Å². The minimum Gasteiger partial charge on any atom is -0.458 e. The van der Waals surface area contributed by atoms with Gasteiger partial charge in [0.05, 0.1) is 0 Å². The highest BCUT2D eigenvalue weighted by Gasteiger charge is 2.52. The van der Waals surface area contributed by atoms with E-state index in [2.05, 4.69) is 20.1 Å². The van der Waals surface area contributed by atoms with Crippen LogP contribution in [0.15, 0.2) is 36.5 Å². The Kier molecular flexibility index (Phi) is 2.19. The van der Waals surface area contributed by atoms with E-state index >= 15 is 0 Å². The van der Waals surface area contributed by atoms with E-state index in [0.29, 0.717) is 11.1 Å². The van der Waals surface area contributed by atoms with Crippen molar-refractivity contribution in [2.24, 2.45) is 17.3 Å². The summed E-state index contributed by atoms with van der Waals surface area (Å²) in [6.45, 7) is 9.85. The lowest BCUT2D eigenvalue weighted by molar-refractivity contribution is -0.141. The third-order valence-corrected chi connectivity index (χ3v) is 4.70. The van der Waals surface area contributed by atoms with Gasteiger partial charge in [-0.15, -0.1) is 0 Å². The van der Waals surface area contributed by atoms with E-state index in [-0.39, 0.29) is 35.1 Å². The van der Waals surface area contributed by atoms with Gasteiger partial charge in [-0.05, 0) is 35.8 Å². The fourth-order valence-electron chi connectivity index (χ4n) is 3.52. The highest BCUT2D eigenvalue weighted by atomic mass is 16.6. The number of esters is 1. The van der Waals surface area contributed by atoms with Gasteiger partial charge in [-0.2, -0.15) is 0 Å². The van der Waals surface area contributed by atoms with Crippen LogP contribution in [-0.4, -0.2) is 17.9 Å². The Labute approximate surface area is 106 Å². The van der Waals surface area contributed by atoms with Crippen molar-refractivity contribution < 1.29 is 14.3 Å². The zero-order chi connectivity index (χ0) is 13.1. The standard InChI is InChI=1S/C15H16O3/c1-8-10-6-11-9(2)12(16)4-5-15(11,3)7-13(10)18-14(8)17/h4-5,10-11,13H,1-2,6-7H2,3H3/t10-,11+,13-,15+/m0/s1. The van der Waals surface area contributed by atoms with Crippen molar-refractivity contribution >= 4 is 11.8 Å². The maximum Gasteiger partial charge on any atom is 0.334 e. The van der Waals surface area contributed by atoms with Crippen LogP contribution in [0.5, 0.6) is 0 Å². The summed E-state index contributed by atoms with van der Waals surface area (Å²) in [7, 11) is 0. The number of ether oxygens (including phenoxy) is 1. The molecule has 3 heteroatoms. The first kappa shape index (κ1) is 11.5. The van der Waals surface area contributed by atoms with Gasteiger partial charge in [0.15, 0.2) is 5.78 Å². The molecule has 0 aromatic heterocycles. The van der Waals surface area contributed by atoms with Crippen LogP contribution in [0.25, 0.3) is 0 Å². The average molecular weight is 244 g/mol. The monoisotopic (exact) mass is 244 g/mol. The van der Waals surface area contributed by atoms with E-state index in [0.717, 1.165) is 12.8 Å². The predicted octanol–water partition coefficient (Wildman–Crippen LogP) is 2.20. The topological polar surface area (TPSA) is 43.4 Å². The molecule has 3 aliphatic rings. The summed E-state index contributed by atoms with van der Waals surface area (Å²) in [5.74, 6) is -0.130. The highest BCUT2D eigenvalue weighted by Crippen LogP contribution is 2.53. The van der Waals surface area contributed by atoms with Crippen LogP contribution in [0.4, 0.5) is 0 Å². The Morgan fingerprint density at radius 2 is 2.06 bits per heavy atom. The summed E-state index contributed by atoms with van der Waals surface area (Å²) < 4.78 is 5.37. The second kappa shape index (κ2) is 3.44. The second-order valence-electron chi connectivity index (χ2n) is 5.80. The zero-order valence-electron chi connectivity index (χ0n) is 10.4. The largest absolute Gasteiger partial charge is 0.458 e. The summed E-state index contributed by atoms with van der Waals surface area (Å²) in [6.07, 6.45) is 4.96. The lowest BCUT2D eigenvalue weighted by Crippen LogP contribution is -2.43. The lowest BCUT2D eigenvalue weighted by atomic mass is 9.58. The second-order valence-corrected chi connectivity index (χ2v) is 5.80. The van der Waals surface area contributed by atoms with E-state index in [1.807, 2.05) is 6.08 Å². The van der Waals surface area contributed by atoms with Gasteiger partial charge in [0, 0.05) is 11.5 Å². The van der Waals surface area contributed by atoms with Gasteiger partial charge in [0.2, 0.25) is 0 Å². The molecule has 1 aliphatic heterocycles. The molecule has 1 heterocycles. The molecule has 2 aliphatic carbocycles. The molecule has 3 nitrogen and oxygen atoms in total.